The summed E-state index contributed by atoms with van der Waals surface area (Å²) < 4.78 is 5.43. The van der Waals surface area contributed by atoms with Crippen molar-refractivity contribution in [2.24, 2.45) is 5.73 Å². The zero-order valence-corrected chi connectivity index (χ0v) is 10.3. The van der Waals surface area contributed by atoms with Crippen molar-refractivity contribution in [3.05, 3.63) is 33.8 Å². The van der Waals surface area contributed by atoms with Crippen LogP contribution in [-0.2, 0) is 4.74 Å². The van der Waals surface area contributed by atoms with Crippen LogP contribution in [0, 0.1) is 0 Å². The lowest BCUT2D eigenvalue weighted by molar-refractivity contribution is 0.0575. The third kappa shape index (κ3) is 3.35. The summed E-state index contributed by atoms with van der Waals surface area (Å²) >= 11 is 11.9. The van der Waals surface area contributed by atoms with Gasteiger partial charge in [0, 0.05) is 16.7 Å². The van der Waals surface area contributed by atoms with Crippen LogP contribution in [0.3, 0.4) is 0 Å². The number of nitrogens with two attached hydrogens (primary N) is 1. The molecule has 0 aliphatic carbocycles. The smallest absolute Gasteiger partial charge is 0.0739 e. The highest BCUT2D eigenvalue weighted by Gasteiger charge is 2.17. The Kier molecular flexibility index (Phi) is 4.87. The second-order valence-electron chi connectivity index (χ2n) is 3.35. The van der Waals surface area contributed by atoms with Crippen LogP contribution in [0.5, 0.6) is 0 Å². The topological polar surface area (TPSA) is 35.2 Å². The number of ether oxygens (including phenoxy) is 1. The third-order valence-corrected chi connectivity index (χ3v) is 2.83. The van der Waals surface area contributed by atoms with Gasteiger partial charge in [-0.25, -0.2) is 0 Å². The molecular formula is C11H15Cl2NO. The molecule has 15 heavy (non-hydrogen) atoms. The fourth-order valence-electron chi connectivity index (χ4n) is 1.39. The number of halogens is 2. The van der Waals surface area contributed by atoms with E-state index in [1.807, 2.05) is 13.8 Å². The summed E-state index contributed by atoms with van der Waals surface area (Å²) in [5.41, 5.74) is 6.85. The van der Waals surface area contributed by atoms with E-state index in [1.54, 1.807) is 18.2 Å². The summed E-state index contributed by atoms with van der Waals surface area (Å²) in [5.74, 6) is 0. The number of hydrogen-bond acceptors (Lipinski definition) is 2. The Morgan fingerprint density at radius 2 is 2.07 bits per heavy atom. The normalized spacial score (nSPS) is 15.0. The molecule has 1 aromatic carbocycles. The minimum Gasteiger partial charge on any atom is -0.377 e. The molecule has 0 aliphatic heterocycles. The molecule has 1 aromatic rings. The maximum absolute atomic E-state index is 6.04. The van der Waals surface area contributed by atoms with Gasteiger partial charge in [-0.1, -0.05) is 23.2 Å². The van der Waals surface area contributed by atoms with Crippen LogP contribution in [0.15, 0.2) is 18.2 Å². The van der Waals surface area contributed by atoms with E-state index in [4.69, 9.17) is 33.7 Å². The number of hydrogen-bond donors (Lipinski definition) is 1. The van der Waals surface area contributed by atoms with Crippen LogP contribution in [0.4, 0.5) is 0 Å². The highest BCUT2D eigenvalue weighted by molar-refractivity contribution is 6.33. The predicted octanol–water partition coefficient (Wildman–Crippen LogP) is 3.42. The maximum atomic E-state index is 6.04. The lowest BCUT2D eigenvalue weighted by atomic mass is 10.0. The Hall–Kier alpha value is -0.280. The van der Waals surface area contributed by atoms with Gasteiger partial charge in [0.15, 0.2) is 0 Å². The Labute approximate surface area is 100 Å². The first-order valence-corrected chi connectivity index (χ1v) is 5.64. The lowest BCUT2D eigenvalue weighted by Gasteiger charge is -2.21. The summed E-state index contributed by atoms with van der Waals surface area (Å²) in [4.78, 5) is 0. The van der Waals surface area contributed by atoms with Crippen LogP contribution in [-0.4, -0.2) is 12.7 Å². The van der Waals surface area contributed by atoms with Crippen LogP contribution < -0.4 is 5.73 Å². The van der Waals surface area contributed by atoms with E-state index in [0.29, 0.717) is 16.7 Å². The van der Waals surface area contributed by atoms with Crippen molar-refractivity contribution in [3.8, 4) is 0 Å². The fourth-order valence-corrected chi connectivity index (χ4v) is 1.81. The fraction of sp³-hybridized carbons (Fsp3) is 0.455. The van der Waals surface area contributed by atoms with E-state index in [9.17, 15) is 0 Å². The van der Waals surface area contributed by atoms with E-state index in [0.717, 1.165) is 5.56 Å². The molecule has 2 unspecified atom stereocenters. The maximum Gasteiger partial charge on any atom is 0.0739 e. The molecule has 0 fully saturated rings. The van der Waals surface area contributed by atoms with Gasteiger partial charge in [-0.15, -0.1) is 0 Å². The van der Waals surface area contributed by atoms with Crippen LogP contribution in [0.2, 0.25) is 10.0 Å². The molecule has 0 bridgehead atoms. The van der Waals surface area contributed by atoms with Crippen molar-refractivity contribution in [1.82, 2.24) is 0 Å². The van der Waals surface area contributed by atoms with Gasteiger partial charge in [0.05, 0.1) is 12.1 Å². The Morgan fingerprint density at radius 3 is 2.67 bits per heavy atom. The number of benzene rings is 1. The zero-order valence-electron chi connectivity index (χ0n) is 8.84. The summed E-state index contributed by atoms with van der Waals surface area (Å²) in [6.45, 7) is 4.49. The van der Waals surface area contributed by atoms with E-state index < -0.39 is 0 Å². The van der Waals surface area contributed by atoms with Gasteiger partial charge in [-0.05, 0) is 37.6 Å². The molecule has 0 spiro atoms. The average molecular weight is 248 g/mol. The van der Waals surface area contributed by atoms with Crippen molar-refractivity contribution >= 4 is 23.2 Å². The van der Waals surface area contributed by atoms with Crippen molar-refractivity contribution < 1.29 is 4.74 Å². The predicted molar refractivity (Wildman–Crippen MR) is 64.5 cm³/mol. The Morgan fingerprint density at radius 1 is 1.40 bits per heavy atom. The van der Waals surface area contributed by atoms with Crippen molar-refractivity contribution in [1.29, 1.82) is 0 Å². The molecule has 0 aromatic heterocycles. The van der Waals surface area contributed by atoms with Gasteiger partial charge in [0.25, 0.3) is 0 Å². The zero-order chi connectivity index (χ0) is 11.4. The van der Waals surface area contributed by atoms with Gasteiger partial charge >= 0.3 is 0 Å². The third-order valence-electron chi connectivity index (χ3n) is 2.25. The van der Waals surface area contributed by atoms with Gasteiger partial charge in [0.2, 0.25) is 0 Å². The standard InChI is InChI=1S/C11H15Cl2NO/c1-3-15-7(2)11(14)9-6-8(12)4-5-10(9)13/h4-7,11H,3,14H2,1-2H3. The summed E-state index contributed by atoms with van der Waals surface area (Å²) in [7, 11) is 0. The van der Waals surface area contributed by atoms with E-state index >= 15 is 0 Å². The largest absolute Gasteiger partial charge is 0.377 e. The summed E-state index contributed by atoms with van der Waals surface area (Å²) in [6, 6.07) is 5.02. The SMILES string of the molecule is CCOC(C)C(N)c1cc(Cl)ccc1Cl. The second kappa shape index (κ2) is 5.71. The van der Waals surface area contributed by atoms with Gasteiger partial charge in [-0.3, -0.25) is 0 Å². The Balaban J connectivity index is 2.89. The molecule has 0 saturated heterocycles. The highest BCUT2D eigenvalue weighted by atomic mass is 35.5. The monoisotopic (exact) mass is 247 g/mol. The van der Waals surface area contributed by atoms with Crippen molar-refractivity contribution in [3.63, 3.8) is 0 Å². The first-order chi connectivity index (χ1) is 7.06. The molecule has 2 nitrogen and oxygen atoms in total. The van der Waals surface area contributed by atoms with Gasteiger partial charge in [-0.2, -0.15) is 0 Å². The van der Waals surface area contributed by atoms with Crippen LogP contribution >= 0.6 is 23.2 Å². The summed E-state index contributed by atoms with van der Waals surface area (Å²) in [5, 5.41) is 1.26. The molecule has 2 N–H and O–H groups in total. The van der Waals surface area contributed by atoms with Crippen molar-refractivity contribution in [2.75, 3.05) is 6.61 Å². The molecule has 0 saturated carbocycles. The second-order valence-corrected chi connectivity index (χ2v) is 4.20. The number of rotatable bonds is 4. The first-order valence-electron chi connectivity index (χ1n) is 4.88. The molecule has 0 heterocycles. The molecule has 4 heteroatoms. The van der Waals surface area contributed by atoms with Crippen molar-refractivity contribution in [2.45, 2.75) is 26.0 Å². The van der Waals surface area contributed by atoms with Crippen LogP contribution in [0.25, 0.3) is 0 Å². The minimum atomic E-state index is -0.254. The average Bonchev–Trinajstić information content (AvgIpc) is 2.21. The molecule has 2 atom stereocenters. The van der Waals surface area contributed by atoms with Gasteiger partial charge < -0.3 is 10.5 Å². The minimum absolute atomic E-state index is 0.0778. The molecule has 0 aliphatic rings. The molecule has 0 amide bonds. The van der Waals surface area contributed by atoms with E-state index in [1.165, 1.54) is 0 Å². The molecular weight excluding hydrogens is 233 g/mol. The highest BCUT2D eigenvalue weighted by Crippen LogP contribution is 2.27. The Bertz CT molecular complexity index is 330. The lowest BCUT2D eigenvalue weighted by Crippen LogP contribution is -2.26. The van der Waals surface area contributed by atoms with Gasteiger partial charge in [0.1, 0.15) is 0 Å². The summed E-state index contributed by atoms with van der Waals surface area (Å²) in [6.07, 6.45) is -0.0778. The van der Waals surface area contributed by atoms with E-state index in [-0.39, 0.29) is 12.1 Å². The quantitative estimate of drug-likeness (QED) is 0.886. The van der Waals surface area contributed by atoms with E-state index in [2.05, 4.69) is 0 Å². The molecule has 1 rings (SSSR count). The molecule has 84 valence electrons. The van der Waals surface area contributed by atoms with Crippen LogP contribution in [0.1, 0.15) is 25.5 Å². The molecule has 0 radical (unpaired) electrons. The first kappa shape index (κ1) is 12.8.